The molecule has 1 heterocycles. The SMILES string of the molecule is CC(C)Oc1ncnc(Nc2ccc(C#N)cc2F)c1F. The molecule has 0 aliphatic heterocycles. The van der Waals surface area contributed by atoms with Crippen molar-refractivity contribution in [3.8, 4) is 11.9 Å². The Kier molecular flexibility index (Phi) is 4.28. The van der Waals surface area contributed by atoms with Gasteiger partial charge in [0.25, 0.3) is 5.88 Å². The maximum atomic E-state index is 14.1. The highest BCUT2D eigenvalue weighted by atomic mass is 19.1. The van der Waals surface area contributed by atoms with E-state index in [9.17, 15) is 8.78 Å². The van der Waals surface area contributed by atoms with Crippen LogP contribution in [0.15, 0.2) is 24.5 Å². The van der Waals surface area contributed by atoms with Crippen LogP contribution in [-0.2, 0) is 0 Å². The van der Waals surface area contributed by atoms with Gasteiger partial charge < -0.3 is 10.1 Å². The van der Waals surface area contributed by atoms with Gasteiger partial charge in [0.2, 0.25) is 5.82 Å². The molecule has 0 aliphatic carbocycles. The minimum absolute atomic E-state index is 0.00194. The van der Waals surface area contributed by atoms with Crippen LogP contribution in [-0.4, -0.2) is 16.1 Å². The summed E-state index contributed by atoms with van der Waals surface area (Å²) in [5, 5.41) is 11.2. The Balaban J connectivity index is 2.30. The van der Waals surface area contributed by atoms with E-state index in [1.807, 2.05) is 6.07 Å². The maximum absolute atomic E-state index is 14.1. The van der Waals surface area contributed by atoms with Gasteiger partial charge >= 0.3 is 0 Å². The lowest BCUT2D eigenvalue weighted by molar-refractivity contribution is 0.220. The lowest BCUT2D eigenvalue weighted by Crippen LogP contribution is -2.10. The first-order valence-electron chi connectivity index (χ1n) is 6.15. The summed E-state index contributed by atoms with van der Waals surface area (Å²) in [6, 6.07) is 5.61. The summed E-state index contributed by atoms with van der Waals surface area (Å²) in [6.07, 6.45) is 0.860. The van der Waals surface area contributed by atoms with Gasteiger partial charge in [-0.25, -0.2) is 9.37 Å². The summed E-state index contributed by atoms with van der Waals surface area (Å²) in [6.45, 7) is 3.46. The topological polar surface area (TPSA) is 70.8 Å². The van der Waals surface area contributed by atoms with Crippen molar-refractivity contribution in [1.29, 1.82) is 5.26 Å². The number of aromatic nitrogens is 2. The van der Waals surface area contributed by atoms with Crippen molar-refractivity contribution in [2.24, 2.45) is 0 Å². The Morgan fingerprint density at radius 3 is 2.67 bits per heavy atom. The van der Waals surface area contributed by atoms with Crippen molar-refractivity contribution in [3.05, 3.63) is 41.7 Å². The molecule has 108 valence electrons. The second-order valence-electron chi connectivity index (χ2n) is 4.44. The molecule has 0 saturated carbocycles. The quantitative estimate of drug-likeness (QED) is 0.936. The number of anilines is 2. The summed E-state index contributed by atoms with van der Waals surface area (Å²) >= 11 is 0. The zero-order valence-electron chi connectivity index (χ0n) is 11.4. The van der Waals surface area contributed by atoms with Crippen LogP contribution in [0.3, 0.4) is 0 Å². The lowest BCUT2D eigenvalue weighted by atomic mass is 10.2. The van der Waals surface area contributed by atoms with Crippen LogP contribution in [0.25, 0.3) is 0 Å². The van der Waals surface area contributed by atoms with Gasteiger partial charge in [-0.15, -0.1) is 0 Å². The molecule has 21 heavy (non-hydrogen) atoms. The Morgan fingerprint density at radius 1 is 1.29 bits per heavy atom. The molecule has 1 N–H and O–H groups in total. The average Bonchev–Trinajstić information content (AvgIpc) is 2.44. The number of rotatable bonds is 4. The number of nitriles is 1. The van der Waals surface area contributed by atoms with Gasteiger partial charge in [0.1, 0.15) is 12.1 Å². The van der Waals surface area contributed by atoms with Crippen molar-refractivity contribution in [2.75, 3.05) is 5.32 Å². The Bertz CT molecular complexity index is 698. The van der Waals surface area contributed by atoms with E-state index in [0.717, 1.165) is 12.4 Å². The lowest BCUT2D eigenvalue weighted by Gasteiger charge is -2.12. The third-order valence-corrected chi connectivity index (χ3v) is 2.46. The summed E-state index contributed by atoms with van der Waals surface area (Å²) < 4.78 is 33.1. The third-order valence-electron chi connectivity index (χ3n) is 2.46. The number of hydrogen-bond donors (Lipinski definition) is 1. The fraction of sp³-hybridized carbons (Fsp3) is 0.214. The Morgan fingerprint density at radius 2 is 2.05 bits per heavy atom. The standard InChI is InChI=1S/C14H12F2N4O/c1-8(2)21-14-12(16)13(18-7-19-14)20-11-4-3-9(6-17)5-10(11)15/h3-5,7-8H,1-2H3,(H,18,19,20). The van der Waals surface area contributed by atoms with Gasteiger partial charge in [0.05, 0.1) is 23.4 Å². The molecule has 2 rings (SSSR count). The molecule has 0 saturated heterocycles. The molecule has 7 heteroatoms. The van der Waals surface area contributed by atoms with Gasteiger partial charge in [0.15, 0.2) is 5.82 Å². The van der Waals surface area contributed by atoms with E-state index in [2.05, 4.69) is 15.3 Å². The largest absolute Gasteiger partial charge is 0.473 e. The van der Waals surface area contributed by atoms with Crippen LogP contribution in [0.5, 0.6) is 5.88 Å². The zero-order valence-corrected chi connectivity index (χ0v) is 11.4. The molecule has 1 aromatic carbocycles. The van der Waals surface area contributed by atoms with E-state index in [1.165, 1.54) is 12.1 Å². The number of benzene rings is 1. The Hall–Kier alpha value is -2.75. The van der Waals surface area contributed by atoms with E-state index in [-0.39, 0.29) is 29.1 Å². The zero-order chi connectivity index (χ0) is 15.4. The number of ether oxygens (including phenoxy) is 1. The monoisotopic (exact) mass is 290 g/mol. The number of nitrogens with zero attached hydrogens (tertiary/aromatic N) is 3. The first kappa shape index (κ1) is 14.7. The number of nitrogens with one attached hydrogen (secondary N) is 1. The highest BCUT2D eigenvalue weighted by Gasteiger charge is 2.15. The molecule has 0 atom stereocenters. The first-order chi connectivity index (χ1) is 10.0. The molecule has 0 radical (unpaired) electrons. The van der Waals surface area contributed by atoms with Crippen molar-refractivity contribution >= 4 is 11.5 Å². The molecule has 5 nitrogen and oxygen atoms in total. The molecular weight excluding hydrogens is 278 g/mol. The van der Waals surface area contributed by atoms with Gasteiger partial charge in [-0.05, 0) is 32.0 Å². The van der Waals surface area contributed by atoms with Crippen LogP contribution >= 0.6 is 0 Å². The second-order valence-corrected chi connectivity index (χ2v) is 4.44. The summed E-state index contributed by atoms with van der Waals surface area (Å²) in [4.78, 5) is 7.40. The molecule has 1 aromatic heterocycles. The smallest absolute Gasteiger partial charge is 0.256 e. The molecule has 0 fully saturated rings. The van der Waals surface area contributed by atoms with E-state index in [0.29, 0.717) is 0 Å². The van der Waals surface area contributed by atoms with E-state index >= 15 is 0 Å². The maximum Gasteiger partial charge on any atom is 0.256 e. The average molecular weight is 290 g/mol. The van der Waals surface area contributed by atoms with Gasteiger partial charge in [0, 0.05) is 0 Å². The third kappa shape index (κ3) is 3.42. The molecular formula is C14H12F2N4O. The normalized spacial score (nSPS) is 10.3. The van der Waals surface area contributed by atoms with Crippen LogP contribution in [0.2, 0.25) is 0 Å². The van der Waals surface area contributed by atoms with Gasteiger partial charge in [-0.1, -0.05) is 0 Å². The van der Waals surface area contributed by atoms with E-state index < -0.39 is 11.6 Å². The van der Waals surface area contributed by atoms with Crippen molar-refractivity contribution in [3.63, 3.8) is 0 Å². The predicted octanol–water partition coefficient (Wildman–Crippen LogP) is 3.16. The highest BCUT2D eigenvalue weighted by Crippen LogP contribution is 2.25. The van der Waals surface area contributed by atoms with E-state index in [1.54, 1.807) is 13.8 Å². The minimum atomic E-state index is -0.810. The summed E-state index contributed by atoms with van der Waals surface area (Å²) in [5.74, 6) is -1.91. The van der Waals surface area contributed by atoms with Gasteiger partial charge in [-0.2, -0.15) is 14.6 Å². The number of halogens is 2. The second kappa shape index (κ2) is 6.13. The summed E-state index contributed by atoms with van der Waals surface area (Å²) in [7, 11) is 0. The van der Waals surface area contributed by atoms with E-state index in [4.69, 9.17) is 10.00 Å². The number of hydrogen-bond acceptors (Lipinski definition) is 5. The predicted molar refractivity (Wildman–Crippen MR) is 72.2 cm³/mol. The first-order valence-corrected chi connectivity index (χ1v) is 6.15. The van der Waals surface area contributed by atoms with Crippen LogP contribution < -0.4 is 10.1 Å². The van der Waals surface area contributed by atoms with Crippen LogP contribution in [0.1, 0.15) is 19.4 Å². The fourth-order valence-corrected chi connectivity index (χ4v) is 1.56. The van der Waals surface area contributed by atoms with Crippen LogP contribution in [0, 0.1) is 23.0 Å². The van der Waals surface area contributed by atoms with Gasteiger partial charge in [-0.3, -0.25) is 0 Å². The minimum Gasteiger partial charge on any atom is -0.473 e. The van der Waals surface area contributed by atoms with Crippen molar-refractivity contribution < 1.29 is 13.5 Å². The van der Waals surface area contributed by atoms with Crippen LogP contribution in [0.4, 0.5) is 20.3 Å². The molecule has 0 aliphatic rings. The van der Waals surface area contributed by atoms with Crippen molar-refractivity contribution in [1.82, 2.24) is 9.97 Å². The molecule has 0 unspecified atom stereocenters. The molecule has 0 amide bonds. The Labute approximate surface area is 120 Å². The highest BCUT2D eigenvalue weighted by molar-refractivity contribution is 5.59. The molecule has 0 spiro atoms. The fourth-order valence-electron chi connectivity index (χ4n) is 1.56. The molecule has 2 aromatic rings. The summed E-state index contributed by atoms with van der Waals surface area (Å²) in [5.41, 5.74) is 0.173. The molecule has 0 bridgehead atoms. The van der Waals surface area contributed by atoms with Crippen molar-refractivity contribution in [2.45, 2.75) is 20.0 Å².